The fraction of sp³-hybridized carbons (Fsp3) is 0.375. The van der Waals surface area contributed by atoms with Crippen LogP contribution in [0.25, 0.3) is 11.2 Å². The maximum Gasteiger partial charge on any atom is 0.178 e. The lowest BCUT2D eigenvalue weighted by Gasteiger charge is -2.54. The second-order valence-corrected chi connectivity index (χ2v) is 12.0. The van der Waals surface area contributed by atoms with Crippen LogP contribution in [-0.4, -0.2) is 47.4 Å². The van der Waals surface area contributed by atoms with Gasteiger partial charge in [0.05, 0.1) is 12.7 Å². The summed E-state index contributed by atoms with van der Waals surface area (Å²) in [5.41, 5.74) is 12.7. The Morgan fingerprint density at radius 1 is 1.00 bits per heavy atom. The fourth-order valence-electron chi connectivity index (χ4n) is 7.30. The van der Waals surface area contributed by atoms with Crippen LogP contribution in [0, 0.1) is 0 Å². The van der Waals surface area contributed by atoms with Crippen LogP contribution in [0.15, 0.2) is 73.1 Å². The molecule has 3 aromatic heterocycles. The number of nitrogens with one attached hydrogen (secondary N) is 2. The third-order valence-electron chi connectivity index (χ3n) is 9.60. The van der Waals surface area contributed by atoms with Crippen molar-refractivity contribution in [2.75, 3.05) is 12.3 Å². The molecule has 9 nitrogen and oxygen atoms in total. The number of H-pyrrole nitrogens is 1. The van der Waals surface area contributed by atoms with Gasteiger partial charge in [-0.2, -0.15) is 5.10 Å². The van der Waals surface area contributed by atoms with Crippen molar-refractivity contribution < 1.29 is 5.11 Å². The van der Waals surface area contributed by atoms with Gasteiger partial charge in [0.25, 0.3) is 0 Å². The Labute approximate surface area is 239 Å². The van der Waals surface area contributed by atoms with E-state index in [1.165, 1.54) is 44.1 Å². The van der Waals surface area contributed by atoms with Gasteiger partial charge in [-0.3, -0.25) is 4.68 Å². The summed E-state index contributed by atoms with van der Waals surface area (Å²) in [6, 6.07) is 20.3. The van der Waals surface area contributed by atoms with E-state index in [-0.39, 0.29) is 17.2 Å². The Balaban J connectivity index is 1.11. The number of aromatic nitrogens is 6. The molecule has 0 spiro atoms. The molecule has 0 amide bonds. The first-order chi connectivity index (χ1) is 20.0. The lowest BCUT2D eigenvalue weighted by Crippen LogP contribution is -2.56. The van der Waals surface area contributed by atoms with E-state index in [1.807, 2.05) is 29.1 Å². The van der Waals surface area contributed by atoms with E-state index in [1.54, 1.807) is 12.1 Å². The Hall–Kier alpha value is -4.24. The highest BCUT2D eigenvalue weighted by atomic mass is 16.3. The van der Waals surface area contributed by atoms with E-state index < -0.39 is 0 Å². The quantitative estimate of drug-likeness (QED) is 0.203. The number of nitrogen functional groups attached to an aromatic ring is 1. The van der Waals surface area contributed by atoms with Gasteiger partial charge in [0.2, 0.25) is 0 Å². The van der Waals surface area contributed by atoms with Crippen molar-refractivity contribution in [3.05, 3.63) is 95.3 Å². The number of hydrogen-bond donors (Lipinski definition) is 4. The van der Waals surface area contributed by atoms with Gasteiger partial charge in [0, 0.05) is 17.7 Å². The zero-order chi connectivity index (χ0) is 27.9. The van der Waals surface area contributed by atoms with Gasteiger partial charge in [0.15, 0.2) is 5.65 Å². The molecule has 5 aromatic rings. The second-order valence-electron chi connectivity index (χ2n) is 12.0. The third-order valence-corrected chi connectivity index (χ3v) is 9.60. The molecule has 210 valence electrons. The van der Waals surface area contributed by atoms with Gasteiger partial charge in [0.1, 0.15) is 17.1 Å². The number of rotatable bonds is 9. The molecule has 3 heterocycles. The van der Waals surface area contributed by atoms with E-state index in [0.717, 1.165) is 35.2 Å². The molecular weight excluding hydrogens is 512 g/mol. The summed E-state index contributed by atoms with van der Waals surface area (Å²) >= 11 is 0. The molecule has 3 fully saturated rings. The SMILES string of the molecule is Nc1cc(C(CCNC23CCC(c4ccccc4)(CC2)CC3)c2cnn(Cc3cccc(O)c3)c2)c2nn[nH]c2n1. The van der Waals surface area contributed by atoms with Gasteiger partial charge in [-0.25, -0.2) is 10.1 Å². The van der Waals surface area contributed by atoms with E-state index in [9.17, 15) is 5.11 Å². The molecule has 5 N–H and O–H groups in total. The minimum atomic E-state index is 0.0188. The van der Waals surface area contributed by atoms with Crippen molar-refractivity contribution in [3.63, 3.8) is 0 Å². The summed E-state index contributed by atoms with van der Waals surface area (Å²) in [5, 5.41) is 29.8. The summed E-state index contributed by atoms with van der Waals surface area (Å²) in [7, 11) is 0. The van der Waals surface area contributed by atoms with Gasteiger partial charge < -0.3 is 16.2 Å². The largest absolute Gasteiger partial charge is 0.508 e. The van der Waals surface area contributed by atoms with Crippen molar-refractivity contribution in [2.24, 2.45) is 0 Å². The number of hydrogen-bond acceptors (Lipinski definition) is 7. The van der Waals surface area contributed by atoms with Crippen LogP contribution in [-0.2, 0) is 12.0 Å². The van der Waals surface area contributed by atoms with Crippen molar-refractivity contribution >= 4 is 17.0 Å². The van der Waals surface area contributed by atoms with Crippen molar-refractivity contribution in [1.29, 1.82) is 0 Å². The molecule has 0 saturated heterocycles. The summed E-state index contributed by atoms with van der Waals surface area (Å²) in [6.45, 7) is 1.45. The average Bonchev–Trinajstić information content (AvgIpc) is 3.66. The first kappa shape index (κ1) is 25.7. The maximum atomic E-state index is 9.89. The van der Waals surface area contributed by atoms with E-state index in [2.05, 4.69) is 67.3 Å². The van der Waals surface area contributed by atoms with Gasteiger partial charge >= 0.3 is 0 Å². The number of nitrogens with zero attached hydrogens (tertiary/aromatic N) is 5. The van der Waals surface area contributed by atoms with Crippen molar-refractivity contribution in [1.82, 2.24) is 35.5 Å². The molecule has 9 heteroatoms. The molecule has 3 saturated carbocycles. The van der Waals surface area contributed by atoms with Crippen LogP contribution < -0.4 is 11.1 Å². The Bertz CT molecular complexity index is 1630. The number of aromatic hydroxyl groups is 1. The van der Waals surface area contributed by atoms with Crippen molar-refractivity contribution in [3.8, 4) is 5.75 Å². The van der Waals surface area contributed by atoms with Crippen LogP contribution in [0.4, 0.5) is 5.82 Å². The Morgan fingerprint density at radius 2 is 1.80 bits per heavy atom. The molecule has 1 atom stereocenters. The van der Waals surface area contributed by atoms with E-state index in [4.69, 9.17) is 5.73 Å². The standard InChI is InChI=1S/C32H36N8O/c33-28-18-27(29-30(36-28)38-39-37-29)26(23-19-35-40(21-23)20-22-5-4-8-25(41)17-22)9-16-34-32-13-10-31(11-14-32,12-15-32)24-6-2-1-3-7-24/h1-8,17-19,21,26,34,41H,9-16,20H2,(H3,33,36,37,38,39). The highest BCUT2D eigenvalue weighted by Gasteiger charge is 2.48. The Kier molecular flexibility index (Phi) is 6.46. The molecule has 2 bridgehead atoms. The topological polar surface area (TPSA) is 131 Å². The lowest BCUT2D eigenvalue weighted by molar-refractivity contribution is 0.0770. The molecule has 0 aliphatic heterocycles. The van der Waals surface area contributed by atoms with Gasteiger partial charge in [-0.1, -0.05) is 47.7 Å². The molecule has 3 aliphatic rings. The molecule has 0 radical (unpaired) electrons. The van der Waals surface area contributed by atoms with Crippen molar-refractivity contribution in [2.45, 2.75) is 68.4 Å². The summed E-state index contributed by atoms with van der Waals surface area (Å²) < 4.78 is 1.92. The monoisotopic (exact) mass is 548 g/mol. The number of anilines is 1. The highest BCUT2D eigenvalue weighted by Crippen LogP contribution is 2.53. The predicted octanol–water partition coefficient (Wildman–Crippen LogP) is 5.04. The smallest absolute Gasteiger partial charge is 0.178 e. The predicted molar refractivity (Wildman–Crippen MR) is 159 cm³/mol. The van der Waals surface area contributed by atoms with E-state index in [0.29, 0.717) is 23.4 Å². The zero-order valence-corrected chi connectivity index (χ0v) is 23.1. The molecule has 1 unspecified atom stereocenters. The van der Waals surface area contributed by atoms with Crippen LogP contribution in [0.1, 0.15) is 73.1 Å². The molecular formula is C32H36N8O. The maximum absolute atomic E-state index is 9.89. The number of benzene rings is 2. The van der Waals surface area contributed by atoms with Gasteiger partial charge in [-0.15, -0.1) is 5.10 Å². The number of aromatic amines is 1. The molecule has 41 heavy (non-hydrogen) atoms. The van der Waals surface area contributed by atoms with Crippen LogP contribution in [0.2, 0.25) is 0 Å². The number of phenols is 1. The highest BCUT2D eigenvalue weighted by molar-refractivity contribution is 5.77. The molecule has 2 aromatic carbocycles. The fourth-order valence-corrected chi connectivity index (χ4v) is 7.30. The van der Waals surface area contributed by atoms with Gasteiger partial charge in [-0.05, 0) is 97.4 Å². The Morgan fingerprint density at radius 3 is 2.59 bits per heavy atom. The number of phenolic OH excluding ortho intramolecular Hbond substituents is 1. The number of nitrogens with two attached hydrogens (primary N) is 1. The van der Waals surface area contributed by atoms with E-state index >= 15 is 0 Å². The summed E-state index contributed by atoms with van der Waals surface area (Å²) in [4.78, 5) is 4.39. The lowest BCUT2D eigenvalue weighted by atomic mass is 9.55. The second kappa shape index (κ2) is 10.3. The number of pyridine rings is 1. The average molecular weight is 549 g/mol. The summed E-state index contributed by atoms with van der Waals surface area (Å²) in [6.07, 6.45) is 12.3. The zero-order valence-electron chi connectivity index (χ0n) is 23.1. The normalized spacial score (nSPS) is 22.7. The molecule has 8 rings (SSSR count). The first-order valence-corrected chi connectivity index (χ1v) is 14.6. The molecule has 3 aliphatic carbocycles. The van der Waals surface area contributed by atoms with Crippen LogP contribution >= 0.6 is 0 Å². The third kappa shape index (κ3) is 4.95. The summed E-state index contributed by atoms with van der Waals surface area (Å²) in [5.74, 6) is 0.717. The first-order valence-electron chi connectivity index (χ1n) is 14.6. The minimum absolute atomic E-state index is 0.0188. The van der Waals surface area contributed by atoms with Crippen LogP contribution in [0.5, 0.6) is 5.75 Å². The number of fused-ring (bicyclic) bond motifs is 4. The van der Waals surface area contributed by atoms with Crippen LogP contribution in [0.3, 0.4) is 0 Å². The minimum Gasteiger partial charge on any atom is -0.508 e.